The zero-order valence-electron chi connectivity index (χ0n) is 13.8. The maximum atomic E-state index is 13.4. The number of amides is 1. The number of ketones is 1. The number of allylic oxidation sites excluding steroid dienone is 1. The van der Waals surface area contributed by atoms with E-state index in [0.717, 1.165) is 0 Å². The third-order valence-corrected chi connectivity index (χ3v) is 4.94. The summed E-state index contributed by atoms with van der Waals surface area (Å²) in [6.45, 7) is 3.84. The molecule has 0 aromatic heterocycles. The van der Waals surface area contributed by atoms with E-state index < -0.39 is 16.6 Å². The van der Waals surface area contributed by atoms with E-state index in [1.165, 1.54) is 30.3 Å². The van der Waals surface area contributed by atoms with Crippen LogP contribution in [0.3, 0.4) is 0 Å². The molecule has 1 heterocycles. The number of likely N-dealkylation sites (N-methyl/N-ethyl adjacent to an activating group) is 1. The predicted molar refractivity (Wildman–Crippen MR) is 86.3 cm³/mol. The van der Waals surface area contributed by atoms with E-state index in [9.17, 15) is 19.2 Å². The van der Waals surface area contributed by atoms with Crippen molar-refractivity contribution in [1.82, 2.24) is 4.90 Å². The number of nitriles is 1. The number of carbonyl (C=O) groups excluding carboxylic acids is 2. The summed E-state index contributed by atoms with van der Waals surface area (Å²) in [6.07, 6.45) is 3.31. The van der Waals surface area contributed by atoms with Crippen LogP contribution in [-0.4, -0.2) is 30.2 Å². The van der Waals surface area contributed by atoms with Crippen molar-refractivity contribution in [2.45, 2.75) is 19.3 Å². The number of hydrogen-bond donors (Lipinski definition) is 0. The standard InChI is InChI=1S/C19H17FN2O2/c1-18(2)15-8-9-22(3)17(24)19(15,10-12(11-21)16(18)23)13-4-6-14(20)7-5-13/h4-8,10H,9H2,1-3H3/t19-/m1/s1. The van der Waals surface area contributed by atoms with Gasteiger partial charge in [-0.1, -0.05) is 18.2 Å². The van der Waals surface area contributed by atoms with Crippen LogP contribution < -0.4 is 0 Å². The van der Waals surface area contributed by atoms with Gasteiger partial charge in [0.1, 0.15) is 17.3 Å². The Balaban J connectivity index is 2.40. The molecule has 4 nitrogen and oxygen atoms in total. The highest BCUT2D eigenvalue weighted by Gasteiger charge is 2.56. The Morgan fingerprint density at radius 2 is 1.83 bits per heavy atom. The molecular weight excluding hydrogens is 307 g/mol. The van der Waals surface area contributed by atoms with Crippen LogP contribution in [0.4, 0.5) is 4.39 Å². The molecule has 0 unspecified atom stereocenters. The summed E-state index contributed by atoms with van der Waals surface area (Å²) in [4.78, 5) is 27.3. The summed E-state index contributed by atoms with van der Waals surface area (Å²) in [6, 6.07) is 7.57. The highest BCUT2D eigenvalue weighted by Crippen LogP contribution is 2.51. The van der Waals surface area contributed by atoms with Gasteiger partial charge in [-0.15, -0.1) is 0 Å². The zero-order valence-corrected chi connectivity index (χ0v) is 13.8. The van der Waals surface area contributed by atoms with Gasteiger partial charge >= 0.3 is 0 Å². The SMILES string of the molecule is CN1CC=C2C(C)(C)C(=O)C(C#N)=C[C@]2(c2ccc(F)cc2)C1=O. The molecule has 5 heteroatoms. The first-order chi connectivity index (χ1) is 11.2. The summed E-state index contributed by atoms with van der Waals surface area (Å²) >= 11 is 0. The van der Waals surface area contributed by atoms with E-state index in [4.69, 9.17) is 0 Å². The molecule has 3 rings (SSSR count). The molecule has 0 radical (unpaired) electrons. The van der Waals surface area contributed by atoms with Gasteiger partial charge in [0.25, 0.3) is 0 Å². The first-order valence-corrected chi connectivity index (χ1v) is 7.65. The monoisotopic (exact) mass is 324 g/mol. The molecule has 1 aliphatic carbocycles. The summed E-state index contributed by atoms with van der Waals surface area (Å²) in [5.41, 5.74) is -1.06. The largest absolute Gasteiger partial charge is 0.341 e. The van der Waals surface area contributed by atoms with Crippen molar-refractivity contribution < 1.29 is 14.0 Å². The first-order valence-electron chi connectivity index (χ1n) is 7.65. The number of rotatable bonds is 1. The number of carbonyl (C=O) groups is 2. The van der Waals surface area contributed by atoms with Gasteiger partial charge in [0.05, 0.1) is 11.0 Å². The number of hydrogen-bond acceptors (Lipinski definition) is 3. The minimum atomic E-state index is -1.25. The smallest absolute Gasteiger partial charge is 0.241 e. The van der Waals surface area contributed by atoms with E-state index >= 15 is 0 Å². The van der Waals surface area contributed by atoms with E-state index in [0.29, 0.717) is 17.7 Å². The van der Waals surface area contributed by atoms with Crippen molar-refractivity contribution in [3.05, 3.63) is 58.9 Å². The Labute approximate surface area is 139 Å². The van der Waals surface area contributed by atoms with Gasteiger partial charge in [0, 0.05) is 13.6 Å². The fraction of sp³-hybridized carbons (Fsp3) is 0.316. The normalized spacial score (nSPS) is 25.5. The second-order valence-corrected chi connectivity index (χ2v) is 6.74. The third kappa shape index (κ3) is 1.96. The van der Waals surface area contributed by atoms with Gasteiger partial charge in [-0.25, -0.2) is 4.39 Å². The van der Waals surface area contributed by atoms with Crippen molar-refractivity contribution in [1.29, 1.82) is 5.26 Å². The quantitative estimate of drug-likeness (QED) is 0.746. The van der Waals surface area contributed by atoms with Gasteiger partial charge in [-0.05, 0) is 43.2 Å². The molecule has 1 aliphatic heterocycles. The van der Waals surface area contributed by atoms with Crippen LogP contribution >= 0.6 is 0 Å². The molecule has 1 aromatic rings. The lowest BCUT2D eigenvalue weighted by Crippen LogP contribution is -2.55. The van der Waals surface area contributed by atoms with Crippen molar-refractivity contribution in [3.63, 3.8) is 0 Å². The highest BCUT2D eigenvalue weighted by molar-refractivity contribution is 6.11. The molecule has 0 saturated carbocycles. The maximum Gasteiger partial charge on any atom is 0.241 e. The summed E-state index contributed by atoms with van der Waals surface area (Å²) < 4.78 is 13.4. The highest BCUT2D eigenvalue weighted by atomic mass is 19.1. The average Bonchev–Trinajstić information content (AvgIpc) is 2.55. The van der Waals surface area contributed by atoms with Crippen LogP contribution in [-0.2, 0) is 15.0 Å². The van der Waals surface area contributed by atoms with Crippen LogP contribution in [0.5, 0.6) is 0 Å². The molecule has 24 heavy (non-hydrogen) atoms. The van der Waals surface area contributed by atoms with Crippen molar-refractivity contribution in [2.75, 3.05) is 13.6 Å². The second kappa shape index (κ2) is 5.13. The molecule has 2 aliphatic rings. The van der Waals surface area contributed by atoms with Crippen molar-refractivity contribution >= 4 is 11.7 Å². The average molecular weight is 324 g/mol. The molecular formula is C19H17FN2O2. The lowest BCUT2D eigenvalue weighted by Gasteiger charge is -2.47. The second-order valence-electron chi connectivity index (χ2n) is 6.74. The van der Waals surface area contributed by atoms with Gasteiger partial charge in [-0.2, -0.15) is 5.26 Å². The van der Waals surface area contributed by atoms with Gasteiger partial charge in [0.2, 0.25) is 5.91 Å². The number of halogens is 1. The van der Waals surface area contributed by atoms with Gasteiger partial charge in [-0.3, -0.25) is 9.59 Å². The molecule has 1 aromatic carbocycles. The van der Waals surface area contributed by atoms with Gasteiger partial charge < -0.3 is 4.90 Å². The minimum Gasteiger partial charge on any atom is -0.341 e. The lowest BCUT2D eigenvalue weighted by atomic mass is 9.56. The Morgan fingerprint density at radius 1 is 1.21 bits per heavy atom. The lowest BCUT2D eigenvalue weighted by molar-refractivity contribution is -0.135. The van der Waals surface area contributed by atoms with E-state index in [-0.39, 0.29) is 17.3 Å². The molecule has 0 fully saturated rings. The van der Waals surface area contributed by atoms with E-state index in [2.05, 4.69) is 0 Å². The molecule has 0 saturated heterocycles. The summed E-state index contributed by atoms with van der Waals surface area (Å²) in [5.74, 6) is -0.931. The Bertz CT molecular complexity index is 843. The number of Topliss-reactive ketones (excluding diaryl/α,β-unsaturated/α-hetero) is 1. The zero-order chi connectivity index (χ0) is 17.7. The van der Waals surface area contributed by atoms with Gasteiger partial charge in [0.15, 0.2) is 5.78 Å². The van der Waals surface area contributed by atoms with E-state index in [1.807, 2.05) is 12.1 Å². The van der Waals surface area contributed by atoms with Crippen LogP contribution in [0.2, 0.25) is 0 Å². The Kier molecular flexibility index (Phi) is 3.45. The number of benzene rings is 1. The molecule has 122 valence electrons. The predicted octanol–water partition coefficient (Wildman–Crippen LogP) is 2.52. The first kappa shape index (κ1) is 16.1. The molecule has 1 amide bonds. The molecule has 0 N–H and O–H groups in total. The summed E-state index contributed by atoms with van der Waals surface area (Å²) in [5, 5.41) is 9.40. The van der Waals surface area contributed by atoms with E-state index in [1.54, 1.807) is 25.8 Å². The van der Waals surface area contributed by atoms with Crippen LogP contribution in [0.25, 0.3) is 0 Å². The van der Waals surface area contributed by atoms with Crippen LogP contribution in [0, 0.1) is 22.6 Å². The molecule has 0 bridgehead atoms. The molecule has 0 spiro atoms. The number of nitrogens with zero attached hydrogens (tertiary/aromatic N) is 2. The fourth-order valence-electron chi connectivity index (χ4n) is 3.68. The van der Waals surface area contributed by atoms with Crippen molar-refractivity contribution in [3.8, 4) is 6.07 Å². The van der Waals surface area contributed by atoms with Crippen LogP contribution in [0.1, 0.15) is 19.4 Å². The Morgan fingerprint density at radius 3 is 2.42 bits per heavy atom. The summed E-state index contributed by atoms with van der Waals surface area (Å²) in [7, 11) is 1.67. The maximum absolute atomic E-state index is 13.4. The minimum absolute atomic E-state index is 0.0369. The topological polar surface area (TPSA) is 61.2 Å². The van der Waals surface area contributed by atoms with Crippen molar-refractivity contribution in [2.24, 2.45) is 5.41 Å². The van der Waals surface area contributed by atoms with Crippen LogP contribution in [0.15, 0.2) is 47.6 Å². The Hall–Kier alpha value is -2.74. The third-order valence-electron chi connectivity index (χ3n) is 4.94. The fourth-order valence-corrected chi connectivity index (χ4v) is 3.68. The number of fused-ring (bicyclic) bond motifs is 1. The molecule has 1 atom stereocenters.